The third-order valence-electron chi connectivity index (χ3n) is 4.09. The summed E-state index contributed by atoms with van der Waals surface area (Å²) in [6.45, 7) is 3.04. The van der Waals surface area contributed by atoms with Crippen molar-refractivity contribution in [3.8, 4) is 11.3 Å². The zero-order valence-electron chi connectivity index (χ0n) is 12.1. The van der Waals surface area contributed by atoms with Crippen LogP contribution in [0, 0.1) is 6.92 Å². The molecule has 1 aromatic carbocycles. The molecule has 0 spiro atoms. The summed E-state index contributed by atoms with van der Waals surface area (Å²) in [7, 11) is 0. The molecule has 0 bridgehead atoms. The Kier molecular flexibility index (Phi) is 2.97. The normalized spacial score (nSPS) is 18.4. The van der Waals surface area contributed by atoms with Gasteiger partial charge >= 0.3 is 0 Å². The number of nitrogens with zero attached hydrogens (tertiary/aromatic N) is 2. The maximum atomic E-state index is 4.65. The lowest BCUT2D eigenvalue weighted by atomic mass is 10.1. The minimum Gasteiger partial charge on any atom is -0.354 e. The molecule has 3 aromatic rings. The fourth-order valence-electron chi connectivity index (χ4n) is 3.09. The van der Waals surface area contributed by atoms with Crippen molar-refractivity contribution in [1.82, 2.24) is 20.3 Å². The van der Waals surface area contributed by atoms with Crippen LogP contribution in [0.5, 0.6) is 0 Å². The van der Waals surface area contributed by atoms with E-state index in [9.17, 15) is 0 Å². The monoisotopic (exact) mass is 278 g/mol. The quantitative estimate of drug-likeness (QED) is 0.755. The van der Waals surface area contributed by atoms with Crippen LogP contribution in [0.2, 0.25) is 0 Å². The Bertz CT molecular complexity index is 770. The summed E-state index contributed by atoms with van der Waals surface area (Å²) in [6.07, 6.45) is 2.41. The van der Waals surface area contributed by atoms with E-state index < -0.39 is 0 Å². The van der Waals surface area contributed by atoms with Crippen LogP contribution in [0.3, 0.4) is 0 Å². The van der Waals surface area contributed by atoms with Gasteiger partial charge in [0.2, 0.25) is 0 Å². The third kappa shape index (κ3) is 2.21. The Morgan fingerprint density at radius 3 is 2.76 bits per heavy atom. The Morgan fingerprint density at radius 2 is 2.00 bits per heavy atom. The fourth-order valence-corrected chi connectivity index (χ4v) is 3.09. The van der Waals surface area contributed by atoms with Crippen molar-refractivity contribution >= 4 is 11.0 Å². The lowest BCUT2D eigenvalue weighted by Gasteiger charge is -2.06. The molecule has 106 valence electrons. The first-order chi connectivity index (χ1) is 10.3. The molecule has 0 amide bonds. The minimum absolute atomic E-state index is 0.420. The highest BCUT2D eigenvalue weighted by Crippen LogP contribution is 2.30. The van der Waals surface area contributed by atoms with Crippen LogP contribution in [-0.2, 0) is 0 Å². The fraction of sp³-hybridized carbons (Fsp3) is 0.294. The van der Waals surface area contributed by atoms with Crippen molar-refractivity contribution in [3.05, 3.63) is 47.9 Å². The number of aryl methyl sites for hydroxylation is 1. The number of benzene rings is 1. The Morgan fingerprint density at radius 1 is 1.14 bits per heavy atom. The van der Waals surface area contributed by atoms with E-state index in [1.807, 2.05) is 25.1 Å². The predicted molar refractivity (Wildman–Crippen MR) is 84.0 cm³/mol. The summed E-state index contributed by atoms with van der Waals surface area (Å²) >= 11 is 0. The van der Waals surface area contributed by atoms with Crippen LogP contribution in [-0.4, -0.2) is 21.5 Å². The molecule has 1 atom stereocenters. The van der Waals surface area contributed by atoms with Gasteiger partial charge in [0, 0.05) is 17.3 Å². The van der Waals surface area contributed by atoms with Crippen LogP contribution in [0.15, 0.2) is 36.4 Å². The number of hydrogen-bond donors (Lipinski definition) is 2. The first kappa shape index (κ1) is 12.5. The third-order valence-corrected chi connectivity index (χ3v) is 4.09. The number of fused-ring (bicyclic) bond motifs is 1. The first-order valence-electron chi connectivity index (χ1n) is 7.47. The number of rotatable bonds is 2. The van der Waals surface area contributed by atoms with Gasteiger partial charge in [0.1, 0.15) is 5.82 Å². The second-order valence-electron chi connectivity index (χ2n) is 5.62. The van der Waals surface area contributed by atoms with Gasteiger partial charge in [-0.2, -0.15) is 0 Å². The van der Waals surface area contributed by atoms with E-state index in [0.717, 1.165) is 34.7 Å². The number of H-pyrrole nitrogens is 1. The summed E-state index contributed by atoms with van der Waals surface area (Å²) < 4.78 is 0. The number of nitrogens with one attached hydrogen (secondary N) is 2. The number of aromatic nitrogens is 3. The summed E-state index contributed by atoms with van der Waals surface area (Å²) in [5.74, 6) is 0.811. The smallest absolute Gasteiger partial charge is 0.126 e. The SMILES string of the molecule is Cc1nc(-c2ccccc2)c2[nH]c(C3CCCN3)cc2n1. The number of hydrogen-bond acceptors (Lipinski definition) is 3. The van der Waals surface area contributed by atoms with Crippen LogP contribution >= 0.6 is 0 Å². The van der Waals surface area contributed by atoms with Gasteiger partial charge in [-0.25, -0.2) is 9.97 Å². The van der Waals surface area contributed by atoms with Crippen molar-refractivity contribution < 1.29 is 0 Å². The largest absolute Gasteiger partial charge is 0.354 e. The van der Waals surface area contributed by atoms with Gasteiger partial charge < -0.3 is 10.3 Å². The molecule has 4 heteroatoms. The number of aromatic amines is 1. The Hall–Kier alpha value is -2.20. The Labute approximate surface area is 123 Å². The van der Waals surface area contributed by atoms with Crippen molar-refractivity contribution in [2.45, 2.75) is 25.8 Å². The molecule has 1 fully saturated rings. The first-order valence-corrected chi connectivity index (χ1v) is 7.47. The van der Waals surface area contributed by atoms with Crippen LogP contribution in [0.1, 0.15) is 30.4 Å². The van der Waals surface area contributed by atoms with Crippen LogP contribution < -0.4 is 5.32 Å². The lowest BCUT2D eigenvalue weighted by molar-refractivity contribution is 0.633. The van der Waals surface area contributed by atoms with Gasteiger partial charge in [0.15, 0.2) is 0 Å². The standard InChI is InChI=1S/C17H18N4/c1-11-19-15-10-14(13-8-5-9-18-13)21-17(15)16(20-11)12-6-3-2-4-7-12/h2-4,6-7,10,13,18,21H,5,8-9H2,1H3. The summed E-state index contributed by atoms with van der Waals surface area (Å²) in [6, 6.07) is 12.9. The minimum atomic E-state index is 0.420. The highest BCUT2D eigenvalue weighted by molar-refractivity contribution is 5.90. The van der Waals surface area contributed by atoms with E-state index in [0.29, 0.717) is 6.04 Å². The molecular weight excluding hydrogens is 260 g/mol. The second-order valence-corrected chi connectivity index (χ2v) is 5.62. The predicted octanol–water partition coefficient (Wildman–Crippen LogP) is 3.36. The maximum Gasteiger partial charge on any atom is 0.126 e. The molecule has 1 unspecified atom stereocenters. The molecule has 0 radical (unpaired) electrons. The average Bonchev–Trinajstić information content (AvgIpc) is 3.16. The van der Waals surface area contributed by atoms with Gasteiger partial charge in [-0.15, -0.1) is 0 Å². The van der Waals surface area contributed by atoms with Gasteiger partial charge in [0.25, 0.3) is 0 Å². The highest BCUT2D eigenvalue weighted by Gasteiger charge is 2.20. The summed E-state index contributed by atoms with van der Waals surface area (Å²) in [5.41, 5.74) is 5.38. The molecule has 4 nitrogen and oxygen atoms in total. The van der Waals surface area contributed by atoms with Crippen molar-refractivity contribution in [2.24, 2.45) is 0 Å². The topological polar surface area (TPSA) is 53.6 Å². The molecule has 0 aliphatic carbocycles. The summed E-state index contributed by atoms with van der Waals surface area (Å²) in [5, 5.41) is 3.53. The molecule has 3 heterocycles. The van der Waals surface area contributed by atoms with Crippen molar-refractivity contribution in [2.75, 3.05) is 6.54 Å². The van der Waals surface area contributed by atoms with Crippen LogP contribution in [0.25, 0.3) is 22.3 Å². The van der Waals surface area contributed by atoms with Gasteiger partial charge in [0.05, 0.1) is 16.7 Å². The molecule has 0 saturated carbocycles. The molecular formula is C17H18N4. The maximum absolute atomic E-state index is 4.65. The molecule has 1 aliphatic rings. The van der Waals surface area contributed by atoms with E-state index >= 15 is 0 Å². The zero-order chi connectivity index (χ0) is 14.2. The van der Waals surface area contributed by atoms with Gasteiger partial charge in [-0.1, -0.05) is 30.3 Å². The van der Waals surface area contributed by atoms with Gasteiger partial charge in [-0.3, -0.25) is 0 Å². The molecule has 21 heavy (non-hydrogen) atoms. The molecule has 2 N–H and O–H groups in total. The highest BCUT2D eigenvalue weighted by atomic mass is 15.0. The summed E-state index contributed by atoms with van der Waals surface area (Å²) in [4.78, 5) is 12.8. The zero-order valence-corrected chi connectivity index (χ0v) is 12.1. The Balaban J connectivity index is 1.89. The van der Waals surface area contributed by atoms with Crippen molar-refractivity contribution in [1.29, 1.82) is 0 Å². The van der Waals surface area contributed by atoms with E-state index in [2.05, 4.69) is 38.5 Å². The molecule has 1 saturated heterocycles. The van der Waals surface area contributed by atoms with E-state index in [1.165, 1.54) is 18.5 Å². The molecule has 1 aliphatic heterocycles. The van der Waals surface area contributed by atoms with E-state index in [1.54, 1.807) is 0 Å². The van der Waals surface area contributed by atoms with Gasteiger partial charge in [-0.05, 0) is 32.4 Å². The van der Waals surface area contributed by atoms with E-state index in [4.69, 9.17) is 0 Å². The molecule has 4 rings (SSSR count). The van der Waals surface area contributed by atoms with E-state index in [-0.39, 0.29) is 0 Å². The van der Waals surface area contributed by atoms with Crippen LogP contribution in [0.4, 0.5) is 0 Å². The lowest BCUT2D eigenvalue weighted by Crippen LogP contribution is -2.12. The molecule has 2 aromatic heterocycles. The second kappa shape index (κ2) is 4.97. The average molecular weight is 278 g/mol. The van der Waals surface area contributed by atoms with Crippen molar-refractivity contribution in [3.63, 3.8) is 0 Å².